The van der Waals surface area contributed by atoms with E-state index in [-0.39, 0.29) is 49.4 Å². The molecule has 0 aromatic heterocycles. The summed E-state index contributed by atoms with van der Waals surface area (Å²) in [5.41, 5.74) is 6.39. The molecule has 5 rings (SSSR count). The summed E-state index contributed by atoms with van der Waals surface area (Å²) in [7, 11) is 0. The molecule has 1 aliphatic heterocycles. The molecule has 250 valence electrons. The average Bonchev–Trinajstić information content (AvgIpc) is 3.10. The first-order valence-electron chi connectivity index (χ1n) is 15.9. The SMILES string of the molecule is CC(=O)Nc1ccc(SCC2OC(c3ccc(-c4cccc(CNC(=O)CCC(=O)O)c4)cc3)OC(c3ccc(CO)cc3)C2C)cc1. The molecule has 1 fully saturated rings. The molecular formula is C38H40N2O7S. The molecule has 0 radical (unpaired) electrons. The van der Waals surface area contributed by atoms with E-state index in [1.165, 1.54) is 6.92 Å². The third-order valence-electron chi connectivity index (χ3n) is 8.21. The highest BCUT2D eigenvalue weighted by atomic mass is 32.2. The molecule has 0 aliphatic carbocycles. The van der Waals surface area contributed by atoms with Crippen LogP contribution in [0.4, 0.5) is 5.69 Å². The lowest BCUT2D eigenvalue weighted by Crippen LogP contribution is -2.38. The zero-order chi connectivity index (χ0) is 34.0. The van der Waals surface area contributed by atoms with Gasteiger partial charge in [0.05, 0.1) is 25.2 Å². The van der Waals surface area contributed by atoms with E-state index in [9.17, 15) is 19.5 Å². The van der Waals surface area contributed by atoms with Gasteiger partial charge in [-0.15, -0.1) is 11.8 Å². The van der Waals surface area contributed by atoms with Crippen LogP contribution in [-0.4, -0.2) is 39.9 Å². The van der Waals surface area contributed by atoms with Gasteiger partial charge in [-0.05, 0) is 58.1 Å². The first kappa shape index (κ1) is 34.8. The van der Waals surface area contributed by atoms with Crippen LogP contribution in [0, 0.1) is 5.92 Å². The quantitative estimate of drug-likeness (QED) is 0.114. The maximum Gasteiger partial charge on any atom is 0.303 e. The van der Waals surface area contributed by atoms with Crippen molar-refractivity contribution in [3.63, 3.8) is 0 Å². The van der Waals surface area contributed by atoms with Gasteiger partial charge in [0.25, 0.3) is 0 Å². The van der Waals surface area contributed by atoms with Gasteiger partial charge in [-0.25, -0.2) is 0 Å². The predicted octanol–water partition coefficient (Wildman–Crippen LogP) is 6.87. The van der Waals surface area contributed by atoms with E-state index in [1.807, 2.05) is 97.1 Å². The van der Waals surface area contributed by atoms with Crippen LogP contribution in [-0.2, 0) is 37.0 Å². The topological polar surface area (TPSA) is 134 Å². The molecule has 4 N–H and O–H groups in total. The number of amides is 2. The molecule has 4 unspecified atom stereocenters. The van der Waals surface area contributed by atoms with Crippen LogP contribution in [0.3, 0.4) is 0 Å². The van der Waals surface area contributed by atoms with E-state index in [1.54, 1.807) is 11.8 Å². The molecule has 48 heavy (non-hydrogen) atoms. The Morgan fingerprint density at radius 3 is 2.19 bits per heavy atom. The van der Waals surface area contributed by atoms with Crippen molar-refractivity contribution in [2.24, 2.45) is 5.92 Å². The number of aliphatic hydroxyl groups excluding tert-OH is 1. The van der Waals surface area contributed by atoms with Crippen LogP contribution in [0.1, 0.15) is 61.3 Å². The number of aliphatic hydroxyl groups is 1. The minimum atomic E-state index is -0.998. The van der Waals surface area contributed by atoms with Crippen molar-refractivity contribution in [1.82, 2.24) is 5.32 Å². The van der Waals surface area contributed by atoms with E-state index in [2.05, 4.69) is 17.6 Å². The van der Waals surface area contributed by atoms with Gasteiger partial charge in [0.15, 0.2) is 6.29 Å². The molecule has 2 amide bonds. The van der Waals surface area contributed by atoms with Gasteiger partial charge in [0.1, 0.15) is 0 Å². The number of benzene rings is 4. The number of carboxylic acid groups (broad SMARTS) is 1. The number of thioether (sulfide) groups is 1. The molecule has 0 spiro atoms. The first-order valence-corrected chi connectivity index (χ1v) is 16.9. The largest absolute Gasteiger partial charge is 0.481 e. The Kier molecular flexibility index (Phi) is 12.0. The monoisotopic (exact) mass is 668 g/mol. The number of nitrogens with one attached hydrogen (secondary N) is 2. The molecule has 0 bridgehead atoms. The summed E-state index contributed by atoms with van der Waals surface area (Å²) in [4.78, 5) is 35.2. The number of carbonyl (C=O) groups excluding carboxylic acids is 2. The van der Waals surface area contributed by atoms with Gasteiger partial charge in [0, 0.05) is 47.7 Å². The second-order valence-corrected chi connectivity index (χ2v) is 12.9. The highest BCUT2D eigenvalue weighted by Gasteiger charge is 2.38. The molecule has 4 aromatic rings. The lowest BCUT2D eigenvalue weighted by atomic mass is 9.91. The molecule has 1 heterocycles. The Morgan fingerprint density at radius 2 is 1.52 bits per heavy atom. The van der Waals surface area contributed by atoms with E-state index in [4.69, 9.17) is 14.6 Å². The zero-order valence-corrected chi connectivity index (χ0v) is 27.7. The molecule has 9 nitrogen and oxygen atoms in total. The van der Waals surface area contributed by atoms with Crippen molar-refractivity contribution in [3.05, 3.63) is 119 Å². The standard InChI is InChI=1S/C38H40N2O7S/c1-24-34(23-48-33-16-14-32(15-17-33)40-25(2)42)46-38(47-37(24)29-8-6-26(22-41)7-9-29)30-12-10-28(11-13-30)31-5-3-4-27(20-31)21-39-35(43)18-19-36(44)45/h3-17,20,24,34,37-38,41H,18-19,21-23H2,1-2H3,(H,39,43)(H,40,42)(H,44,45). The summed E-state index contributed by atoms with van der Waals surface area (Å²) in [6.07, 6.45) is -1.21. The van der Waals surface area contributed by atoms with Crippen molar-refractivity contribution >= 4 is 35.2 Å². The fourth-order valence-corrected chi connectivity index (χ4v) is 6.60. The first-order chi connectivity index (χ1) is 23.2. The molecule has 0 saturated carbocycles. The molecular weight excluding hydrogens is 628 g/mol. The number of carboxylic acids is 1. The summed E-state index contributed by atoms with van der Waals surface area (Å²) in [6.45, 7) is 3.91. The average molecular weight is 669 g/mol. The number of rotatable bonds is 13. The van der Waals surface area contributed by atoms with Crippen molar-refractivity contribution in [3.8, 4) is 11.1 Å². The van der Waals surface area contributed by atoms with E-state index in [0.29, 0.717) is 12.3 Å². The minimum Gasteiger partial charge on any atom is -0.481 e. The van der Waals surface area contributed by atoms with E-state index in [0.717, 1.165) is 44.0 Å². The number of aliphatic carboxylic acids is 1. The van der Waals surface area contributed by atoms with Gasteiger partial charge in [0.2, 0.25) is 11.8 Å². The molecule has 1 aliphatic rings. The Balaban J connectivity index is 1.30. The van der Waals surface area contributed by atoms with Crippen LogP contribution in [0.25, 0.3) is 11.1 Å². The fourth-order valence-electron chi connectivity index (χ4n) is 5.53. The van der Waals surface area contributed by atoms with Crippen LogP contribution >= 0.6 is 11.8 Å². The zero-order valence-electron chi connectivity index (χ0n) is 26.9. The number of anilines is 1. The number of carbonyl (C=O) groups is 3. The van der Waals surface area contributed by atoms with Crippen LogP contribution in [0.15, 0.2) is 102 Å². The molecule has 4 aromatic carbocycles. The Morgan fingerprint density at radius 1 is 0.812 bits per heavy atom. The van der Waals surface area contributed by atoms with Crippen molar-refractivity contribution in [2.75, 3.05) is 11.1 Å². The summed E-state index contributed by atoms with van der Waals surface area (Å²) in [6, 6.07) is 31.5. The lowest BCUT2D eigenvalue weighted by molar-refractivity contribution is -0.268. The van der Waals surface area contributed by atoms with Gasteiger partial charge >= 0.3 is 5.97 Å². The summed E-state index contributed by atoms with van der Waals surface area (Å²) >= 11 is 1.69. The van der Waals surface area contributed by atoms with Gasteiger partial charge in [-0.1, -0.05) is 73.7 Å². The lowest BCUT2D eigenvalue weighted by Gasteiger charge is -2.41. The number of ether oxygens (including phenoxy) is 2. The normalized spacial score (nSPS) is 19.0. The fraction of sp³-hybridized carbons (Fsp3) is 0.289. The molecule has 4 atom stereocenters. The number of hydrogen-bond donors (Lipinski definition) is 4. The Bertz CT molecular complexity index is 1690. The molecule has 1 saturated heterocycles. The maximum absolute atomic E-state index is 12.0. The second kappa shape index (κ2) is 16.6. The third-order valence-corrected chi connectivity index (χ3v) is 9.31. The van der Waals surface area contributed by atoms with E-state index >= 15 is 0 Å². The third kappa shape index (κ3) is 9.54. The second-order valence-electron chi connectivity index (χ2n) is 11.8. The van der Waals surface area contributed by atoms with Crippen LogP contribution < -0.4 is 10.6 Å². The highest BCUT2D eigenvalue weighted by Crippen LogP contribution is 2.43. The minimum absolute atomic E-state index is 0.0240. The Labute approximate surface area is 284 Å². The van der Waals surface area contributed by atoms with Crippen molar-refractivity contribution in [2.45, 2.75) is 63.2 Å². The van der Waals surface area contributed by atoms with Crippen molar-refractivity contribution in [1.29, 1.82) is 0 Å². The summed E-state index contributed by atoms with van der Waals surface area (Å²) < 4.78 is 13.2. The smallest absolute Gasteiger partial charge is 0.303 e. The predicted molar refractivity (Wildman–Crippen MR) is 185 cm³/mol. The van der Waals surface area contributed by atoms with E-state index < -0.39 is 12.3 Å². The summed E-state index contributed by atoms with van der Waals surface area (Å²) in [5, 5.41) is 23.9. The van der Waals surface area contributed by atoms with Gasteiger partial charge in [-0.3, -0.25) is 14.4 Å². The van der Waals surface area contributed by atoms with Gasteiger partial charge < -0.3 is 30.3 Å². The van der Waals surface area contributed by atoms with Crippen molar-refractivity contribution < 1.29 is 34.1 Å². The van der Waals surface area contributed by atoms with Crippen LogP contribution in [0.5, 0.6) is 0 Å². The highest BCUT2D eigenvalue weighted by molar-refractivity contribution is 7.99. The maximum atomic E-state index is 12.0. The number of hydrogen-bond acceptors (Lipinski definition) is 7. The van der Waals surface area contributed by atoms with Crippen LogP contribution in [0.2, 0.25) is 0 Å². The molecule has 10 heteroatoms. The Hall–Kier alpha value is -4.48. The van der Waals surface area contributed by atoms with Gasteiger partial charge in [-0.2, -0.15) is 0 Å². The summed E-state index contributed by atoms with van der Waals surface area (Å²) in [5.74, 6) is -0.666.